The Morgan fingerprint density at radius 1 is 1.32 bits per heavy atom. The zero-order chi connectivity index (χ0) is 14.0. The lowest BCUT2D eigenvalue weighted by molar-refractivity contribution is 0.475. The van der Waals surface area contributed by atoms with E-state index in [1.54, 1.807) is 17.9 Å². The number of aryl methyl sites for hydroxylation is 2. The molecule has 0 aliphatic carbocycles. The second kappa shape index (κ2) is 4.93. The minimum atomic E-state index is -3.66. The van der Waals surface area contributed by atoms with Gasteiger partial charge in [0.15, 0.2) is 0 Å². The summed E-state index contributed by atoms with van der Waals surface area (Å²) in [6.45, 7) is 1.90. The molecule has 0 saturated carbocycles. The smallest absolute Gasteiger partial charge is 0.262 e. The summed E-state index contributed by atoms with van der Waals surface area (Å²) in [7, 11) is -1.93. The number of nitrogens with zero attached hydrogens (tertiary/aromatic N) is 2. The van der Waals surface area contributed by atoms with Crippen LogP contribution in [0.3, 0.4) is 0 Å². The lowest BCUT2D eigenvalue weighted by atomic mass is 10.3. The van der Waals surface area contributed by atoms with E-state index < -0.39 is 10.0 Å². The van der Waals surface area contributed by atoms with Gasteiger partial charge >= 0.3 is 0 Å². The van der Waals surface area contributed by atoms with Crippen LogP contribution in [0.5, 0.6) is 5.75 Å². The number of benzene rings is 1. The maximum atomic E-state index is 12.2. The van der Waals surface area contributed by atoms with Crippen LogP contribution in [0.2, 0.25) is 0 Å². The Bertz CT molecular complexity index is 675. The van der Waals surface area contributed by atoms with Crippen molar-refractivity contribution < 1.29 is 13.5 Å². The fraction of sp³-hybridized carbons (Fsp3) is 0.250. The molecule has 102 valence electrons. The second-order valence-corrected chi connectivity index (χ2v) is 5.80. The molecule has 6 nitrogen and oxygen atoms in total. The van der Waals surface area contributed by atoms with Crippen LogP contribution in [0.25, 0.3) is 0 Å². The molecule has 19 heavy (non-hydrogen) atoms. The Labute approximate surface area is 111 Å². The summed E-state index contributed by atoms with van der Waals surface area (Å²) in [5, 5.41) is 13.3. The molecule has 2 rings (SSSR count). The molecule has 2 aromatic rings. The number of sulfonamides is 1. The number of rotatable bonds is 4. The van der Waals surface area contributed by atoms with Crippen LogP contribution in [-0.2, 0) is 23.5 Å². The number of anilines is 1. The van der Waals surface area contributed by atoms with Crippen LogP contribution in [0.1, 0.15) is 12.6 Å². The first kappa shape index (κ1) is 13.4. The van der Waals surface area contributed by atoms with E-state index in [4.69, 9.17) is 5.11 Å². The summed E-state index contributed by atoms with van der Waals surface area (Å²) >= 11 is 0. The van der Waals surface area contributed by atoms with Gasteiger partial charge < -0.3 is 5.11 Å². The van der Waals surface area contributed by atoms with E-state index >= 15 is 0 Å². The molecular weight excluding hydrogens is 266 g/mol. The summed E-state index contributed by atoms with van der Waals surface area (Å²) in [6.07, 6.45) is 2.26. The van der Waals surface area contributed by atoms with Gasteiger partial charge in [-0.15, -0.1) is 0 Å². The van der Waals surface area contributed by atoms with Crippen molar-refractivity contribution in [2.45, 2.75) is 18.2 Å². The summed E-state index contributed by atoms with van der Waals surface area (Å²) in [4.78, 5) is 0.0937. The molecule has 0 amide bonds. The molecule has 0 spiro atoms. The predicted molar refractivity (Wildman–Crippen MR) is 71.5 cm³/mol. The second-order valence-electron chi connectivity index (χ2n) is 4.12. The molecule has 0 saturated heterocycles. The molecular formula is C12H15N3O3S. The van der Waals surface area contributed by atoms with Crippen LogP contribution < -0.4 is 4.72 Å². The van der Waals surface area contributed by atoms with Crippen LogP contribution in [-0.4, -0.2) is 23.3 Å². The van der Waals surface area contributed by atoms with E-state index in [0.717, 1.165) is 0 Å². The van der Waals surface area contributed by atoms with Crippen molar-refractivity contribution in [2.75, 3.05) is 4.72 Å². The number of hydrogen-bond donors (Lipinski definition) is 2. The van der Waals surface area contributed by atoms with E-state index in [-0.39, 0.29) is 10.6 Å². The van der Waals surface area contributed by atoms with Gasteiger partial charge in [0.1, 0.15) is 5.75 Å². The Morgan fingerprint density at radius 3 is 2.53 bits per heavy atom. The molecule has 0 aliphatic rings. The molecule has 0 bridgehead atoms. The zero-order valence-corrected chi connectivity index (χ0v) is 11.5. The summed E-state index contributed by atoms with van der Waals surface area (Å²) in [6, 6.07) is 5.36. The van der Waals surface area contributed by atoms with E-state index in [0.29, 0.717) is 17.8 Å². The molecule has 0 atom stereocenters. The largest absolute Gasteiger partial charge is 0.508 e. The minimum Gasteiger partial charge on any atom is -0.508 e. The fourth-order valence-corrected chi connectivity index (χ4v) is 2.78. The third-order valence-electron chi connectivity index (χ3n) is 2.63. The average molecular weight is 281 g/mol. The highest BCUT2D eigenvalue weighted by Crippen LogP contribution is 2.20. The van der Waals surface area contributed by atoms with Crippen LogP contribution in [0, 0.1) is 0 Å². The van der Waals surface area contributed by atoms with Gasteiger partial charge in [-0.1, -0.05) is 6.92 Å². The van der Waals surface area contributed by atoms with Gasteiger partial charge in [-0.2, -0.15) is 5.10 Å². The van der Waals surface area contributed by atoms with Crippen molar-refractivity contribution in [3.05, 3.63) is 36.2 Å². The van der Waals surface area contributed by atoms with Crippen LogP contribution in [0.15, 0.2) is 35.4 Å². The van der Waals surface area contributed by atoms with Gasteiger partial charge in [-0.3, -0.25) is 9.40 Å². The van der Waals surface area contributed by atoms with Crippen molar-refractivity contribution in [3.8, 4) is 5.75 Å². The Morgan fingerprint density at radius 2 is 1.95 bits per heavy atom. The molecule has 1 aromatic carbocycles. The van der Waals surface area contributed by atoms with Crippen LogP contribution in [0.4, 0.5) is 5.69 Å². The Hall–Kier alpha value is -2.02. The third kappa shape index (κ3) is 2.87. The van der Waals surface area contributed by atoms with Crippen molar-refractivity contribution in [1.82, 2.24) is 9.78 Å². The predicted octanol–water partition coefficient (Wildman–Crippen LogP) is 1.49. The lowest BCUT2D eigenvalue weighted by Gasteiger charge is -2.07. The van der Waals surface area contributed by atoms with E-state index in [1.165, 1.54) is 24.3 Å². The number of aromatic hydroxyl groups is 1. The van der Waals surface area contributed by atoms with E-state index in [2.05, 4.69) is 9.82 Å². The third-order valence-corrected chi connectivity index (χ3v) is 4.01. The number of nitrogens with one attached hydrogen (secondary N) is 1. The van der Waals surface area contributed by atoms with Gasteiger partial charge in [0, 0.05) is 13.2 Å². The first-order chi connectivity index (χ1) is 8.92. The summed E-state index contributed by atoms with van der Waals surface area (Å²) in [5.74, 6) is 0.0228. The lowest BCUT2D eigenvalue weighted by Crippen LogP contribution is -2.13. The molecule has 0 fully saturated rings. The van der Waals surface area contributed by atoms with Gasteiger partial charge in [-0.25, -0.2) is 8.42 Å². The number of phenols is 1. The Kier molecular flexibility index (Phi) is 3.48. The summed E-state index contributed by atoms with van der Waals surface area (Å²) in [5.41, 5.74) is 1.16. The maximum absolute atomic E-state index is 12.2. The highest BCUT2D eigenvalue weighted by Gasteiger charge is 2.17. The van der Waals surface area contributed by atoms with Gasteiger partial charge in [0.2, 0.25) is 0 Å². The molecule has 7 heteroatoms. The summed E-state index contributed by atoms with van der Waals surface area (Å²) < 4.78 is 28.4. The quantitative estimate of drug-likeness (QED) is 0.889. The number of phenolic OH excluding ortho intramolecular Hbond substituents is 1. The molecule has 2 N–H and O–H groups in total. The highest BCUT2D eigenvalue weighted by molar-refractivity contribution is 7.92. The van der Waals surface area contributed by atoms with Gasteiger partial charge in [0.25, 0.3) is 10.0 Å². The molecule has 1 aromatic heterocycles. The molecule has 0 aliphatic heterocycles. The normalized spacial score (nSPS) is 11.5. The average Bonchev–Trinajstić information content (AvgIpc) is 2.69. The topological polar surface area (TPSA) is 84.2 Å². The van der Waals surface area contributed by atoms with Crippen molar-refractivity contribution in [3.63, 3.8) is 0 Å². The first-order valence-electron chi connectivity index (χ1n) is 5.76. The molecule has 0 unspecified atom stereocenters. The number of aromatic nitrogens is 2. The first-order valence-corrected chi connectivity index (χ1v) is 7.25. The zero-order valence-electron chi connectivity index (χ0n) is 10.7. The molecule has 1 heterocycles. The van der Waals surface area contributed by atoms with Gasteiger partial charge in [0.05, 0.1) is 16.3 Å². The Balaban J connectivity index is 2.33. The SMILES string of the molecule is CCc1nn(C)cc1NS(=O)(=O)c1ccc(O)cc1. The van der Waals surface area contributed by atoms with E-state index in [9.17, 15) is 8.42 Å². The molecule has 0 radical (unpaired) electrons. The maximum Gasteiger partial charge on any atom is 0.262 e. The van der Waals surface area contributed by atoms with Crippen molar-refractivity contribution in [1.29, 1.82) is 0 Å². The van der Waals surface area contributed by atoms with E-state index in [1.807, 2.05) is 6.92 Å². The van der Waals surface area contributed by atoms with Gasteiger partial charge in [-0.05, 0) is 30.7 Å². The monoisotopic (exact) mass is 281 g/mol. The highest BCUT2D eigenvalue weighted by atomic mass is 32.2. The minimum absolute atomic E-state index is 0.0228. The standard InChI is InChI=1S/C12H15N3O3S/c1-3-11-12(8-15(2)13-11)14-19(17,18)10-6-4-9(16)5-7-10/h4-8,14,16H,3H2,1-2H3. The number of hydrogen-bond acceptors (Lipinski definition) is 4. The van der Waals surface area contributed by atoms with Crippen LogP contribution >= 0.6 is 0 Å². The van der Waals surface area contributed by atoms with Crippen molar-refractivity contribution in [2.24, 2.45) is 7.05 Å². The fourth-order valence-electron chi connectivity index (χ4n) is 1.71. The van der Waals surface area contributed by atoms with Crippen molar-refractivity contribution >= 4 is 15.7 Å².